The van der Waals surface area contributed by atoms with Crippen molar-refractivity contribution < 1.29 is 9.66 Å². The van der Waals surface area contributed by atoms with Crippen molar-refractivity contribution >= 4 is 17.3 Å². The van der Waals surface area contributed by atoms with Crippen molar-refractivity contribution in [3.8, 4) is 5.75 Å². The zero-order valence-electron chi connectivity index (χ0n) is 11.3. The lowest BCUT2D eigenvalue weighted by Gasteiger charge is -2.36. The Morgan fingerprint density at radius 3 is 2.55 bits per heavy atom. The quantitative estimate of drug-likeness (QED) is 0.634. The normalized spacial score (nSPS) is 29.4. The summed E-state index contributed by atoms with van der Waals surface area (Å²) in [5, 5.41) is 11.0. The number of nitrogens with zero attached hydrogens (tertiary/aromatic N) is 2. The largest absolute Gasteiger partial charge is 0.489 e. The van der Waals surface area contributed by atoms with Crippen LogP contribution in [0.3, 0.4) is 0 Å². The molecule has 1 aromatic rings. The average Bonchev–Trinajstić information content (AvgIpc) is 2.64. The van der Waals surface area contributed by atoms with Gasteiger partial charge < -0.3 is 9.64 Å². The number of rotatable bonds is 3. The number of piperidine rings is 1. The predicted octanol–water partition coefficient (Wildman–Crippen LogP) is 3.25. The van der Waals surface area contributed by atoms with E-state index in [0.717, 1.165) is 12.8 Å². The highest BCUT2D eigenvalue weighted by Gasteiger charge is 2.39. The number of non-ortho nitro benzene ring substituents is 1. The molecule has 2 fully saturated rings. The second-order valence-corrected chi connectivity index (χ2v) is 6.04. The summed E-state index contributed by atoms with van der Waals surface area (Å²) in [6.45, 7) is 0. The van der Waals surface area contributed by atoms with Crippen LogP contribution in [0.4, 0.5) is 5.69 Å². The molecule has 20 heavy (non-hydrogen) atoms. The second-order valence-electron chi connectivity index (χ2n) is 5.63. The maximum atomic E-state index is 10.7. The van der Waals surface area contributed by atoms with Crippen LogP contribution in [0.5, 0.6) is 5.75 Å². The zero-order valence-corrected chi connectivity index (χ0v) is 12.0. The first-order chi connectivity index (χ1) is 9.54. The number of ether oxygens (including phenoxy) is 1. The molecule has 2 aliphatic rings. The van der Waals surface area contributed by atoms with E-state index in [9.17, 15) is 10.1 Å². The molecule has 0 aromatic heterocycles. The second kappa shape index (κ2) is 5.22. The smallest absolute Gasteiger partial charge is 0.271 e. The highest BCUT2D eigenvalue weighted by molar-refractivity contribution is 6.32. The third kappa shape index (κ3) is 2.47. The van der Waals surface area contributed by atoms with Gasteiger partial charge in [-0.05, 0) is 38.8 Å². The Kier molecular flexibility index (Phi) is 3.56. The Bertz CT molecular complexity index is 523. The van der Waals surface area contributed by atoms with Crippen molar-refractivity contribution in [1.29, 1.82) is 0 Å². The fraction of sp³-hybridized carbons (Fsp3) is 0.571. The first-order valence-electron chi connectivity index (χ1n) is 6.87. The van der Waals surface area contributed by atoms with Gasteiger partial charge in [-0.2, -0.15) is 0 Å². The summed E-state index contributed by atoms with van der Waals surface area (Å²) in [6.07, 6.45) is 4.62. The summed E-state index contributed by atoms with van der Waals surface area (Å²) < 4.78 is 5.97. The summed E-state index contributed by atoms with van der Waals surface area (Å²) in [5.41, 5.74) is -0.00852. The van der Waals surface area contributed by atoms with Gasteiger partial charge in [-0.15, -0.1) is 0 Å². The SMILES string of the molecule is CN1[C@@H]2CC[C@H]1C[C@@H](Oc1ccc([N+](=O)[O-])cc1Cl)C2. The molecule has 3 atom stereocenters. The lowest BCUT2D eigenvalue weighted by atomic mass is 10.0. The van der Waals surface area contributed by atoms with Gasteiger partial charge in [0.15, 0.2) is 0 Å². The van der Waals surface area contributed by atoms with Gasteiger partial charge >= 0.3 is 0 Å². The van der Waals surface area contributed by atoms with Crippen LogP contribution in [0.2, 0.25) is 5.02 Å². The molecule has 2 bridgehead atoms. The average molecular weight is 297 g/mol. The van der Waals surface area contributed by atoms with Gasteiger partial charge in [0, 0.05) is 24.2 Å². The fourth-order valence-electron chi connectivity index (χ4n) is 3.34. The van der Waals surface area contributed by atoms with Crippen molar-refractivity contribution in [3.05, 3.63) is 33.3 Å². The first-order valence-corrected chi connectivity index (χ1v) is 7.25. The van der Waals surface area contributed by atoms with Crippen LogP contribution in [0.15, 0.2) is 18.2 Å². The minimum Gasteiger partial charge on any atom is -0.489 e. The molecule has 0 aliphatic carbocycles. The molecule has 2 saturated heterocycles. The lowest BCUT2D eigenvalue weighted by Crippen LogP contribution is -2.43. The molecule has 5 nitrogen and oxygen atoms in total. The van der Waals surface area contributed by atoms with Crippen molar-refractivity contribution in [2.75, 3.05) is 7.05 Å². The van der Waals surface area contributed by atoms with Gasteiger partial charge in [-0.1, -0.05) is 11.6 Å². The molecule has 0 radical (unpaired) electrons. The summed E-state index contributed by atoms with van der Waals surface area (Å²) in [4.78, 5) is 12.7. The van der Waals surface area contributed by atoms with E-state index in [-0.39, 0.29) is 11.8 Å². The maximum absolute atomic E-state index is 10.7. The molecule has 2 aliphatic heterocycles. The summed E-state index contributed by atoms with van der Waals surface area (Å²) in [5.74, 6) is 0.547. The molecule has 3 rings (SSSR count). The summed E-state index contributed by atoms with van der Waals surface area (Å²) in [7, 11) is 2.18. The van der Waals surface area contributed by atoms with Crippen LogP contribution < -0.4 is 4.74 Å². The third-order valence-electron chi connectivity index (χ3n) is 4.47. The molecule has 0 amide bonds. The maximum Gasteiger partial charge on any atom is 0.271 e. The van der Waals surface area contributed by atoms with Crippen LogP contribution >= 0.6 is 11.6 Å². The van der Waals surface area contributed by atoms with Gasteiger partial charge in [0.05, 0.1) is 9.95 Å². The Labute approximate surface area is 122 Å². The number of benzene rings is 1. The van der Waals surface area contributed by atoms with Gasteiger partial charge in [-0.25, -0.2) is 0 Å². The number of fused-ring (bicyclic) bond motifs is 2. The lowest BCUT2D eigenvalue weighted by molar-refractivity contribution is -0.384. The molecule has 2 heterocycles. The summed E-state index contributed by atoms with van der Waals surface area (Å²) >= 11 is 6.07. The Hall–Kier alpha value is -1.33. The highest BCUT2D eigenvalue weighted by Crippen LogP contribution is 2.37. The third-order valence-corrected chi connectivity index (χ3v) is 4.77. The molecule has 0 unspecified atom stereocenters. The van der Waals surface area contributed by atoms with Gasteiger partial charge in [0.2, 0.25) is 0 Å². The Balaban J connectivity index is 1.71. The van der Waals surface area contributed by atoms with E-state index in [1.807, 2.05) is 0 Å². The van der Waals surface area contributed by atoms with E-state index in [2.05, 4.69) is 11.9 Å². The van der Waals surface area contributed by atoms with E-state index in [1.165, 1.54) is 25.0 Å². The van der Waals surface area contributed by atoms with Crippen LogP contribution in [-0.2, 0) is 0 Å². The standard InChI is InChI=1S/C14H17ClN2O3/c1-16-9-2-3-10(16)7-12(6-9)20-14-5-4-11(17(18)19)8-13(14)15/h4-5,8-10,12H,2-3,6-7H2,1H3/t9-,10+,12+. The molecule has 6 heteroatoms. The first kappa shape index (κ1) is 13.6. The van der Waals surface area contributed by atoms with Crippen molar-refractivity contribution in [2.45, 2.75) is 43.9 Å². The summed E-state index contributed by atoms with van der Waals surface area (Å²) in [6, 6.07) is 5.57. The van der Waals surface area contributed by atoms with Crippen LogP contribution in [0.25, 0.3) is 0 Å². The minimum atomic E-state index is -0.453. The highest BCUT2D eigenvalue weighted by atomic mass is 35.5. The number of halogens is 1. The molecular weight excluding hydrogens is 280 g/mol. The van der Waals surface area contributed by atoms with Crippen LogP contribution in [0.1, 0.15) is 25.7 Å². The molecule has 1 aromatic carbocycles. The van der Waals surface area contributed by atoms with Gasteiger partial charge in [0.1, 0.15) is 11.9 Å². The van der Waals surface area contributed by atoms with E-state index in [1.54, 1.807) is 6.07 Å². The molecular formula is C14H17ClN2O3. The molecule has 0 saturated carbocycles. The topological polar surface area (TPSA) is 55.6 Å². The van der Waals surface area contributed by atoms with E-state index < -0.39 is 4.92 Å². The number of hydrogen-bond acceptors (Lipinski definition) is 4. The van der Waals surface area contributed by atoms with E-state index in [4.69, 9.17) is 16.3 Å². The fourth-order valence-corrected chi connectivity index (χ4v) is 3.56. The van der Waals surface area contributed by atoms with Crippen molar-refractivity contribution in [3.63, 3.8) is 0 Å². The van der Waals surface area contributed by atoms with Crippen molar-refractivity contribution in [2.24, 2.45) is 0 Å². The monoisotopic (exact) mass is 296 g/mol. The Morgan fingerprint density at radius 1 is 1.35 bits per heavy atom. The van der Waals surface area contributed by atoms with Crippen molar-refractivity contribution in [1.82, 2.24) is 4.90 Å². The van der Waals surface area contributed by atoms with Gasteiger partial charge in [0.25, 0.3) is 5.69 Å². The number of hydrogen-bond donors (Lipinski definition) is 0. The predicted molar refractivity (Wildman–Crippen MR) is 76.3 cm³/mol. The van der Waals surface area contributed by atoms with Gasteiger partial charge in [-0.3, -0.25) is 10.1 Å². The van der Waals surface area contributed by atoms with Crippen LogP contribution in [-0.4, -0.2) is 35.1 Å². The molecule has 0 N–H and O–H groups in total. The van der Waals surface area contributed by atoms with E-state index >= 15 is 0 Å². The molecule has 108 valence electrons. The Morgan fingerprint density at radius 2 is 2.00 bits per heavy atom. The van der Waals surface area contributed by atoms with Crippen LogP contribution in [0, 0.1) is 10.1 Å². The number of nitro benzene ring substituents is 1. The minimum absolute atomic E-state index is 0.00852. The molecule has 0 spiro atoms. The zero-order chi connectivity index (χ0) is 14.3. The number of nitro groups is 1. The van der Waals surface area contributed by atoms with E-state index in [0.29, 0.717) is 22.9 Å².